The molecule has 1 heterocycles. The van der Waals surface area contributed by atoms with Crippen LogP contribution < -0.4 is 5.32 Å². The molecule has 1 saturated carbocycles. The third-order valence-corrected chi connectivity index (χ3v) is 6.92. The lowest BCUT2D eigenvalue weighted by Gasteiger charge is -2.50. The van der Waals surface area contributed by atoms with Gasteiger partial charge in [-0.1, -0.05) is 57.0 Å². The number of nitrogens with zero attached hydrogens (tertiary/aromatic N) is 1. The Morgan fingerprint density at radius 2 is 1.81 bits per heavy atom. The number of carbonyl (C=O) groups excluding carboxylic acids is 2. The maximum absolute atomic E-state index is 13.8. The standard InChI is InChI=1S/C26H32N2O3/c1-18(2)19-10-12-20(13-11-19)27-24(29)23-21-8-4-5-9-22(21)25(30)28(16-17-31-3)26(23)14-6-7-15-26/h4-5,8-13,18,23H,6-7,14-17H2,1-3H3,(H,27,29). The molecular weight excluding hydrogens is 388 g/mol. The smallest absolute Gasteiger partial charge is 0.254 e. The molecule has 164 valence electrons. The lowest BCUT2D eigenvalue weighted by Crippen LogP contribution is -2.60. The third-order valence-electron chi connectivity index (χ3n) is 6.92. The van der Waals surface area contributed by atoms with Gasteiger partial charge in [0, 0.05) is 24.9 Å². The SMILES string of the molecule is COCCN1C(=O)c2ccccc2C(C(=O)Nc2ccc(C(C)C)cc2)C12CCCC2. The number of methoxy groups -OCH3 is 1. The van der Waals surface area contributed by atoms with Crippen LogP contribution in [0.3, 0.4) is 0 Å². The first kappa shape index (κ1) is 21.6. The minimum Gasteiger partial charge on any atom is -0.383 e. The first-order valence-electron chi connectivity index (χ1n) is 11.3. The molecule has 1 fully saturated rings. The van der Waals surface area contributed by atoms with Crippen molar-refractivity contribution < 1.29 is 14.3 Å². The average Bonchev–Trinajstić information content (AvgIpc) is 3.24. The molecule has 1 spiro atoms. The molecule has 1 N–H and O–H groups in total. The topological polar surface area (TPSA) is 58.6 Å². The molecular formula is C26H32N2O3. The van der Waals surface area contributed by atoms with Crippen molar-refractivity contribution in [2.24, 2.45) is 0 Å². The van der Waals surface area contributed by atoms with Gasteiger partial charge < -0.3 is 15.0 Å². The van der Waals surface area contributed by atoms with E-state index >= 15 is 0 Å². The number of hydrogen-bond donors (Lipinski definition) is 1. The molecule has 5 heteroatoms. The van der Waals surface area contributed by atoms with Crippen LogP contribution in [0, 0.1) is 0 Å². The zero-order valence-corrected chi connectivity index (χ0v) is 18.7. The number of benzene rings is 2. The molecule has 1 aliphatic carbocycles. The van der Waals surface area contributed by atoms with E-state index in [0.717, 1.165) is 36.9 Å². The monoisotopic (exact) mass is 420 g/mol. The van der Waals surface area contributed by atoms with Gasteiger partial charge in [-0.25, -0.2) is 0 Å². The van der Waals surface area contributed by atoms with E-state index in [2.05, 4.69) is 31.3 Å². The zero-order chi connectivity index (χ0) is 22.0. The lowest BCUT2D eigenvalue weighted by atomic mass is 9.71. The average molecular weight is 421 g/mol. The number of carbonyl (C=O) groups is 2. The van der Waals surface area contributed by atoms with Crippen molar-refractivity contribution in [1.82, 2.24) is 4.90 Å². The Bertz CT molecular complexity index is 945. The van der Waals surface area contributed by atoms with E-state index in [1.807, 2.05) is 41.3 Å². The van der Waals surface area contributed by atoms with Crippen molar-refractivity contribution in [2.45, 2.75) is 56.9 Å². The highest BCUT2D eigenvalue weighted by Gasteiger charge is 2.55. The summed E-state index contributed by atoms with van der Waals surface area (Å²) >= 11 is 0. The van der Waals surface area contributed by atoms with Crippen LogP contribution >= 0.6 is 0 Å². The minimum absolute atomic E-state index is 0.0138. The third kappa shape index (κ3) is 3.87. The van der Waals surface area contributed by atoms with E-state index in [-0.39, 0.29) is 11.8 Å². The van der Waals surface area contributed by atoms with Gasteiger partial charge in [0.15, 0.2) is 0 Å². The Morgan fingerprint density at radius 3 is 2.45 bits per heavy atom. The van der Waals surface area contributed by atoms with Gasteiger partial charge in [-0.15, -0.1) is 0 Å². The van der Waals surface area contributed by atoms with Crippen LogP contribution in [-0.2, 0) is 9.53 Å². The first-order chi connectivity index (χ1) is 15.0. The molecule has 0 saturated heterocycles. The highest BCUT2D eigenvalue weighted by Crippen LogP contribution is 2.50. The molecule has 2 aromatic rings. The quantitative estimate of drug-likeness (QED) is 0.720. The van der Waals surface area contributed by atoms with E-state index in [0.29, 0.717) is 24.6 Å². The predicted molar refractivity (Wildman–Crippen MR) is 122 cm³/mol. The lowest BCUT2D eigenvalue weighted by molar-refractivity contribution is -0.121. The number of fused-ring (bicyclic) bond motifs is 1. The summed E-state index contributed by atoms with van der Waals surface area (Å²) in [5.41, 5.74) is 3.02. The van der Waals surface area contributed by atoms with E-state index < -0.39 is 11.5 Å². The first-order valence-corrected chi connectivity index (χ1v) is 11.3. The second kappa shape index (κ2) is 8.83. The normalized spacial score (nSPS) is 19.7. The van der Waals surface area contributed by atoms with Crippen LogP contribution in [0.15, 0.2) is 48.5 Å². The fourth-order valence-corrected chi connectivity index (χ4v) is 5.34. The number of amides is 2. The van der Waals surface area contributed by atoms with E-state index in [1.54, 1.807) is 7.11 Å². The highest BCUT2D eigenvalue weighted by atomic mass is 16.5. The van der Waals surface area contributed by atoms with Crippen LogP contribution in [0.25, 0.3) is 0 Å². The Hall–Kier alpha value is -2.66. The van der Waals surface area contributed by atoms with Crippen molar-refractivity contribution >= 4 is 17.5 Å². The largest absolute Gasteiger partial charge is 0.383 e. The van der Waals surface area contributed by atoms with Crippen LogP contribution in [0.5, 0.6) is 0 Å². The van der Waals surface area contributed by atoms with Crippen molar-refractivity contribution in [1.29, 1.82) is 0 Å². The fraction of sp³-hybridized carbons (Fsp3) is 0.462. The van der Waals surface area contributed by atoms with Crippen molar-refractivity contribution in [2.75, 3.05) is 25.6 Å². The van der Waals surface area contributed by atoms with Gasteiger partial charge in [-0.3, -0.25) is 9.59 Å². The van der Waals surface area contributed by atoms with Gasteiger partial charge in [0.1, 0.15) is 0 Å². The van der Waals surface area contributed by atoms with Crippen LogP contribution in [0.4, 0.5) is 5.69 Å². The van der Waals surface area contributed by atoms with E-state index in [4.69, 9.17) is 4.74 Å². The maximum Gasteiger partial charge on any atom is 0.254 e. The summed E-state index contributed by atoms with van der Waals surface area (Å²) in [5.74, 6) is 0.0177. The minimum atomic E-state index is -0.494. The highest BCUT2D eigenvalue weighted by molar-refractivity contribution is 6.05. The summed E-state index contributed by atoms with van der Waals surface area (Å²) < 4.78 is 5.31. The summed E-state index contributed by atoms with van der Waals surface area (Å²) in [6.45, 7) is 5.27. The summed E-state index contributed by atoms with van der Waals surface area (Å²) in [4.78, 5) is 29.1. The van der Waals surface area contributed by atoms with Gasteiger partial charge >= 0.3 is 0 Å². The van der Waals surface area contributed by atoms with Gasteiger partial charge in [0.25, 0.3) is 5.91 Å². The van der Waals surface area contributed by atoms with Gasteiger partial charge in [-0.2, -0.15) is 0 Å². The van der Waals surface area contributed by atoms with Gasteiger partial charge in [-0.05, 0) is 48.1 Å². The summed E-state index contributed by atoms with van der Waals surface area (Å²) in [6.07, 6.45) is 3.71. The van der Waals surface area contributed by atoms with Gasteiger partial charge in [0.05, 0.1) is 18.1 Å². The number of ether oxygens (including phenoxy) is 1. The number of anilines is 1. The van der Waals surface area contributed by atoms with Crippen molar-refractivity contribution in [3.8, 4) is 0 Å². The summed E-state index contributed by atoms with van der Waals surface area (Å²) in [5, 5.41) is 3.15. The van der Waals surface area contributed by atoms with E-state index in [1.165, 1.54) is 5.56 Å². The second-order valence-electron chi connectivity index (χ2n) is 9.05. The Balaban J connectivity index is 1.73. The number of hydrogen-bond acceptors (Lipinski definition) is 3. The molecule has 1 atom stereocenters. The zero-order valence-electron chi connectivity index (χ0n) is 18.7. The van der Waals surface area contributed by atoms with Gasteiger partial charge in [0.2, 0.25) is 5.91 Å². The molecule has 0 aromatic heterocycles. The summed E-state index contributed by atoms with van der Waals surface area (Å²) in [6, 6.07) is 15.7. The molecule has 2 aromatic carbocycles. The Kier molecular flexibility index (Phi) is 6.15. The molecule has 1 unspecified atom stereocenters. The van der Waals surface area contributed by atoms with Crippen LogP contribution in [0.2, 0.25) is 0 Å². The molecule has 2 aliphatic rings. The fourth-order valence-electron chi connectivity index (χ4n) is 5.34. The second-order valence-corrected chi connectivity index (χ2v) is 9.05. The molecule has 0 bridgehead atoms. The summed E-state index contributed by atoms with van der Waals surface area (Å²) in [7, 11) is 1.65. The molecule has 31 heavy (non-hydrogen) atoms. The predicted octanol–water partition coefficient (Wildman–Crippen LogP) is 4.95. The number of rotatable bonds is 6. The number of nitrogens with one attached hydrogen (secondary N) is 1. The van der Waals surface area contributed by atoms with Crippen LogP contribution in [-0.4, -0.2) is 42.5 Å². The van der Waals surface area contributed by atoms with E-state index in [9.17, 15) is 9.59 Å². The van der Waals surface area contributed by atoms with Crippen molar-refractivity contribution in [3.63, 3.8) is 0 Å². The molecule has 1 aliphatic heterocycles. The maximum atomic E-state index is 13.8. The molecule has 4 rings (SSSR count). The van der Waals surface area contributed by atoms with Crippen LogP contribution in [0.1, 0.15) is 72.9 Å². The molecule has 2 amide bonds. The Labute approximate surface area is 184 Å². The molecule has 0 radical (unpaired) electrons. The molecule has 5 nitrogen and oxygen atoms in total. The van der Waals surface area contributed by atoms with Crippen molar-refractivity contribution in [3.05, 3.63) is 65.2 Å². The Morgan fingerprint density at radius 1 is 1.13 bits per heavy atom.